The fourth-order valence-corrected chi connectivity index (χ4v) is 3.57. The molecule has 0 radical (unpaired) electrons. The largest absolute Gasteiger partial charge is 0.484 e. The molecule has 144 valence electrons. The number of rotatable bonds is 8. The monoisotopic (exact) mass is 418 g/mol. The zero-order valence-corrected chi connectivity index (χ0v) is 16.1. The van der Waals surface area contributed by atoms with Gasteiger partial charge in [-0.25, -0.2) is 4.39 Å². The second kappa shape index (κ2) is 9.81. The van der Waals surface area contributed by atoms with Crippen molar-refractivity contribution in [1.82, 2.24) is 10.2 Å². The molecule has 1 heterocycles. The van der Waals surface area contributed by atoms with Crippen molar-refractivity contribution in [2.75, 3.05) is 23.0 Å². The molecule has 0 spiro atoms. The molecule has 0 aliphatic carbocycles. The van der Waals surface area contributed by atoms with Crippen LogP contribution in [0.15, 0.2) is 58.9 Å². The molecule has 2 aromatic carbocycles. The molecule has 0 aliphatic heterocycles. The van der Waals surface area contributed by atoms with Crippen LogP contribution in [-0.2, 0) is 9.59 Å². The summed E-state index contributed by atoms with van der Waals surface area (Å²) >= 11 is 2.34. The quantitative estimate of drug-likeness (QED) is 0.430. The average Bonchev–Trinajstić information content (AvgIpc) is 3.15. The van der Waals surface area contributed by atoms with E-state index in [9.17, 15) is 14.0 Å². The molecule has 0 aliphatic rings. The van der Waals surface area contributed by atoms with Crippen LogP contribution in [0.3, 0.4) is 0 Å². The van der Waals surface area contributed by atoms with Crippen LogP contribution in [0.25, 0.3) is 0 Å². The average molecular weight is 418 g/mol. The number of para-hydroxylation sites is 1. The summed E-state index contributed by atoms with van der Waals surface area (Å²) < 4.78 is 18.7. The van der Waals surface area contributed by atoms with Crippen LogP contribution >= 0.6 is 23.1 Å². The maximum absolute atomic E-state index is 12.9. The van der Waals surface area contributed by atoms with Crippen molar-refractivity contribution in [3.05, 3.63) is 60.4 Å². The molecular weight excluding hydrogens is 403 g/mol. The van der Waals surface area contributed by atoms with Gasteiger partial charge >= 0.3 is 0 Å². The van der Waals surface area contributed by atoms with Gasteiger partial charge in [0, 0.05) is 5.69 Å². The SMILES string of the molecule is O=C(CSc1nnc(NC(=O)COc2ccccc2)s1)Nc1ccc(F)cc1. The molecule has 0 bridgehead atoms. The van der Waals surface area contributed by atoms with Gasteiger partial charge in [0.05, 0.1) is 5.75 Å². The molecule has 0 atom stereocenters. The summed E-state index contributed by atoms with van der Waals surface area (Å²) in [5, 5.41) is 13.4. The van der Waals surface area contributed by atoms with E-state index in [2.05, 4.69) is 20.8 Å². The highest BCUT2D eigenvalue weighted by Gasteiger charge is 2.11. The molecule has 3 aromatic rings. The molecule has 2 amide bonds. The summed E-state index contributed by atoms with van der Waals surface area (Å²) in [4.78, 5) is 23.8. The Bertz CT molecular complexity index is 936. The summed E-state index contributed by atoms with van der Waals surface area (Å²) in [5.41, 5.74) is 0.510. The predicted molar refractivity (Wildman–Crippen MR) is 106 cm³/mol. The predicted octanol–water partition coefficient (Wildman–Crippen LogP) is 3.43. The number of ether oxygens (including phenoxy) is 1. The standard InChI is InChI=1S/C18H15FN4O3S2/c19-12-6-8-13(9-7-12)20-16(25)11-27-18-23-22-17(28-18)21-15(24)10-26-14-4-2-1-3-5-14/h1-9H,10-11H2,(H,20,25)(H,21,22,24). The maximum Gasteiger partial charge on any atom is 0.264 e. The first kappa shape index (κ1) is 19.8. The minimum absolute atomic E-state index is 0.108. The first-order valence-electron chi connectivity index (χ1n) is 8.08. The van der Waals surface area contributed by atoms with Crippen molar-refractivity contribution < 1.29 is 18.7 Å². The number of hydrogen-bond donors (Lipinski definition) is 2. The van der Waals surface area contributed by atoms with Gasteiger partial charge in [0.15, 0.2) is 10.9 Å². The van der Waals surface area contributed by atoms with Crippen molar-refractivity contribution in [2.45, 2.75) is 4.34 Å². The van der Waals surface area contributed by atoms with Crippen LogP contribution < -0.4 is 15.4 Å². The van der Waals surface area contributed by atoms with E-state index in [-0.39, 0.29) is 30.0 Å². The van der Waals surface area contributed by atoms with Crippen molar-refractivity contribution in [3.8, 4) is 5.75 Å². The first-order chi connectivity index (χ1) is 13.6. The van der Waals surface area contributed by atoms with Gasteiger partial charge in [0.25, 0.3) is 5.91 Å². The van der Waals surface area contributed by atoms with E-state index in [1.54, 1.807) is 12.1 Å². The molecule has 0 saturated heterocycles. The second-order valence-corrected chi connectivity index (χ2v) is 7.57. The summed E-state index contributed by atoms with van der Waals surface area (Å²) in [6.45, 7) is -0.147. The number of thioether (sulfide) groups is 1. The molecule has 0 saturated carbocycles. The Balaban J connectivity index is 1.41. The smallest absolute Gasteiger partial charge is 0.264 e. The Morgan fingerprint density at radius 2 is 1.75 bits per heavy atom. The van der Waals surface area contributed by atoms with Gasteiger partial charge in [0.1, 0.15) is 11.6 Å². The van der Waals surface area contributed by atoms with Crippen molar-refractivity contribution in [1.29, 1.82) is 0 Å². The minimum atomic E-state index is -0.370. The Morgan fingerprint density at radius 3 is 2.50 bits per heavy atom. The van der Waals surface area contributed by atoms with Crippen LogP contribution in [0.4, 0.5) is 15.2 Å². The van der Waals surface area contributed by atoms with Gasteiger partial charge in [-0.1, -0.05) is 41.3 Å². The third-order valence-corrected chi connectivity index (χ3v) is 5.19. The zero-order chi connectivity index (χ0) is 19.8. The highest BCUT2D eigenvalue weighted by atomic mass is 32.2. The zero-order valence-electron chi connectivity index (χ0n) is 14.4. The Morgan fingerprint density at radius 1 is 1.00 bits per heavy atom. The number of nitrogens with one attached hydrogen (secondary N) is 2. The van der Waals surface area contributed by atoms with E-state index in [4.69, 9.17) is 4.74 Å². The van der Waals surface area contributed by atoms with Gasteiger partial charge in [-0.3, -0.25) is 14.9 Å². The van der Waals surface area contributed by atoms with Gasteiger partial charge in [0.2, 0.25) is 11.0 Å². The van der Waals surface area contributed by atoms with Gasteiger partial charge in [-0.05, 0) is 36.4 Å². The summed E-state index contributed by atoms with van der Waals surface area (Å²) in [6, 6.07) is 14.5. The summed E-state index contributed by atoms with van der Waals surface area (Å²) in [5.74, 6) is -0.278. The van der Waals surface area contributed by atoms with E-state index >= 15 is 0 Å². The van der Waals surface area contributed by atoms with Gasteiger partial charge in [-0.2, -0.15) is 0 Å². The van der Waals surface area contributed by atoms with Gasteiger partial charge in [-0.15, -0.1) is 10.2 Å². The van der Waals surface area contributed by atoms with Crippen molar-refractivity contribution in [3.63, 3.8) is 0 Å². The lowest BCUT2D eigenvalue weighted by Crippen LogP contribution is -2.20. The number of halogens is 1. The highest BCUT2D eigenvalue weighted by molar-refractivity contribution is 8.01. The second-order valence-electron chi connectivity index (χ2n) is 5.37. The van der Waals surface area contributed by atoms with E-state index in [1.807, 2.05) is 18.2 Å². The fourth-order valence-electron chi connectivity index (χ4n) is 2.00. The number of hydrogen-bond acceptors (Lipinski definition) is 7. The normalized spacial score (nSPS) is 10.3. The van der Waals surface area contributed by atoms with E-state index in [1.165, 1.54) is 36.0 Å². The lowest BCUT2D eigenvalue weighted by molar-refractivity contribution is -0.118. The van der Waals surface area contributed by atoms with Crippen molar-refractivity contribution >= 4 is 45.7 Å². The molecule has 28 heavy (non-hydrogen) atoms. The van der Waals surface area contributed by atoms with E-state index in [0.29, 0.717) is 20.9 Å². The van der Waals surface area contributed by atoms with Crippen LogP contribution in [0.5, 0.6) is 5.75 Å². The van der Waals surface area contributed by atoms with Gasteiger partial charge < -0.3 is 10.1 Å². The molecule has 10 heteroatoms. The molecule has 0 unspecified atom stereocenters. The molecular formula is C18H15FN4O3S2. The Labute approximate surface area is 168 Å². The first-order valence-corrected chi connectivity index (χ1v) is 9.88. The van der Waals surface area contributed by atoms with Crippen LogP contribution in [0, 0.1) is 5.82 Å². The molecule has 2 N–H and O–H groups in total. The van der Waals surface area contributed by atoms with Crippen molar-refractivity contribution in [2.24, 2.45) is 0 Å². The topological polar surface area (TPSA) is 93.2 Å². The van der Waals surface area contributed by atoms with Crippen LogP contribution in [-0.4, -0.2) is 34.4 Å². The lowest BCUT2D eigenvalue weighted by atomic mass is 10.3. The third kappa shape index (κ3) is 6.32. The number of carbonyl (C=O) groups excluding carboxylic acids is 2. The molecule has 0 fully saturated rings. The van der Waals surface area contributed by atoms with E-state index < -0.39 is 0 Å². The third-order valence-electron chi connectivity index (χ3n) is 3.22. The summed E-state index contributed by atoms with van der Waals surface area (Å²) in [6.07, 6.45) is 0. The fraction of sp³-hybridized carbons (Fsp3) is 0.111. The minimum Gasteiger partial charge on any atom is -0.484 e. The number of amides is 2. The number of carbonyl (C=O) groups is 2. The molecule has 7 nitrogen and oxygen atoms in total. The Kier molecular flexibility index (Phi) is 6.93. The maximum atomic E-state index is 12.9. The number of anilines is 2. The highest BCUT2D eigenvalue weighted by Crippen LogP contribution is 2.25. The number of aromatic nitrogens is 2. The Hall–Kier alpha value is -2.98. The van der Waals surface area contributed by atoms with Crippen LogP contribution in [0.2, 0.25) is 0 Å². The molecule has 1 aromatic heterocycles. The van der Waals surface area contributed by atoms with Crippen LogP contribution in [0.1, 0.15) is 0 Å². The number of nitrogens with zero attached hydrogens (tertiary/aromatic N) is 2. The lowest BCUT2D eigenvalue weighted by Gasteiger charge is -2.04. The summed E-state index contributed by atoms with van der Waals surface area (Å²) in [7, 11) is 0. The number of benzene rings is 2. The molecule has 3 rings (SSSR count). The van der Waals surface area contributed by atoms with E-state index in [0.717, 1.165) is 11.3 Å².